The maximum atomic E-state index is 11.1. The molecule has 0 radical (unpaired) electrons. The summed E-state index contributed by atoms with van der Waals surface area (Å²) in [6, 6.07) is -0.390. The molecule has 0 saturated carbocycles. The number of carbonyl (C=O) groups is 1. The summed E-state index contributed by atoms with van der Waals surface area (Å²) in [4.78, 5) is 13.4. The van der Waals surface area contributed by atoms with Crippen molar-refractivity contribution in [3.8, 4) is 0 Å². The molecule has 0 unspecified atom stereocenters. The van der Waals surface area contributed by atoms with E-state index in [4.69, 9.17) is 5.73 Å². The molecule has 1 amide bonds. The van der Waals surface area contributed by atoms with E-state index in [0.29, 0.717) is 0 Å². The first kappa shape index (κ1) is 10.5. The van der Waals surface area contributed by atoms with Gasteiger partial charge in [0.05, 0.1) is 6.04 Å². The smallest absolute Gasteiger partial charge is 0.236 e. The number of carbonyl (C=O) groups excluding carboxylic acids is 1. The van der Waals surface area contributed by atoms with Crippen molar-refractivity contribution in [1.82, 2.24) is 10.2 Å². The topological polar surface area (TPSA) is 58.4 Å². The van der Waals surface area contributed by atoms with Crippen molar-refractivity contribution < 1.29 is 4.79 Å². The molecule has 76 valence electrons. The van der Waals surface area contributed by atoms with Crippen LogP contribution in [0.3, 0.4) is 0 Å². The van der Waals surface area contributed by atoms with Crippen LogP contribution in [0.5, 0.6) is 0 Å². The molecule has 3 N–H and O–H groups in total. The fourth-order valence-corrected chi connectivity index (χ4v) is 1.50. The minimum atomic E-state index is -0.390. The first-order valence-electron chi connectivity index (χ1n) is 4.96. The number of hydrogen-bond donors (Lipinski definition) is 2. The number of nitrogens with two attached hydrogens (primary N) is 1. The van der Waals surface area contributed by atoms with Gasteiger partial charge in [0.1, 0.15) is 0 Å². The first-order chi connectivity index (χ1) is 6.20. The third-order valence-electron chi connectivity index (χ3n) is 2.34. The average molecular weight is 185 g/mol. The number of amides is 1. The van der Waals surface area contributed by atoms with E-state index in [0.717, 1.165) is 13.1 Å². The van der Waals surface area contributed by atoms with Gasteiger partial charge in [-0.15, -0.1) is 0 Å². The standard InChI is InChI=1S/C9H19N3O/c1-8(10)9(13)11-4-7-12-5-2-3-6-12/h8H,2-7,10H2,1H3,(H,11,13)/t8-/m0/s1. The lowest BCUT2D eigenvalue weighted by atomic mass is 10.3. The monoisotopic (exact) mass is 185 g/mol. The number of nitrogens with one attached hydrogen (secondary N) is 1. The summed E-state index contributed by atoms with van der Waals surface area (Å²) >= 11 is 0. The van der Waals surface area contributed by atoms with E-state index >= 15 is 0 Å². The summed E-state index contributed by atoms with van der Waals surface area (Å²) < 4.78 is 0. The van der Waals surface area contributed by atoms with Crippen molar-refractivity contribution in [2.75, 3.05) is 26.2 Å². The van der Waals surface area contributed by atoms with Crippen LogP contribution in [0.25, 0.3) is 0 Å². The summed E-state index contributed by atoms with van der Waals surface area (Å²) in [6.45, 7) is 5.73. The lowest BCUT2D eigenvalue weighted by Crippen LogP contribution is -2.41. The maximum absolute atomic E-state index is 11.1. The number of likely N-dealkylation sites (tertiary alicyclic amines) is 1. The van der Waals surface area contributed by atoms with Crippen LogP contribution < -0.4 is 11.1 Å². The van der Waals surface area contributed by atoms with Gasteiger partial charge in [-0.2, -0.15) is 0 Å². The van der Waals surface area contributed by atoms with Crippen molar-refractivity contribution in [2.45, 2.75) is 25.8 Å². The average Bonchev–Trinajstić information content (AvgIpc) is 2.56. The number of hydrogen-bond acceptors (Lipinski definition) is 3. The Balaban J connectivity index is 2.03. The molecule has 4 nitrogen and oxygen atoms in total. The molecule has 0 aromatic carbocycles. The highest BCUT2D eigenvalue weighted by Crippen LogP contribution is 2.05. The van der Waals surface area contributed by atoms with E-state index in [1.165, 1.54) is 25.9 Å². The Morgan fingerprint density at radius 1 is 1.54 bits per heavy atom. The fourth-order valence-electron chi connectivity index (χ4n) is 1.50. The highest BCUT2D eigenvalue weighted by Gasteiger charge is 2.11. The summed E-state index contributed by atoms with van der Waals surface area (Å²) in [5.74, 6) is -0.0563. The SMILES string of the molecule is C[C@H](N)C(=O)NCCN1CCCC1. The van der Waals surface area contributed by atoms with E-state index < -0.39 is 6.04 Å². The predicted molar refractivity (Wildman–Crippen MR) is 52.3 cm³/mol. The molecule has 0 aromatic rings. The van der Waals surface area contributed by atoms with Gasteiger partial charge in [0, 0.05) is 13.1 Å². The molecular weight excluding hydrogens is 166 g/mol. The van der Waals surface area contributed by atoms with Crippen molar-refractivity contribution in [3.05, 3.63) is 0 Å². The second-order valence-electron chi connectivity index (χ2n) is 3.63. The van der Waals surface area contributed by atoms with E-state index in [2.05, 4.69) is 10.2 Å². The maximum Gasteiger partial charge on any atom is 0.236 e. The molecule has 1 atom stereocenters. The van der Waals surface area contributed by atoms with Gasteiger partial charge in [0.15, 0.2) is 0 Å². The zero-order valence-corrected chi connectivity index (χ0v) is 8.25. The van der Waals surface area contributed by atoms with Crippen LogP contribution in [-0.2, 0) is 4.79 Å². The third kappa shape index (κ3) is 3.74. The van der Waals surface area contributed by atoms with E-state index in [-0.39, 0.29) is 5.91 Å². The van der Waals surface area contributed by atoms with Crippen molar-refractivity contribution in [1.29, 1.82) is 0 Å². The predicted octanol–water partition coefficient (Wildman–Crippen LogP) is -0.454. The minimum Gasteiger partial charge on any atom is -0.353 e. The third-order valence-corrected chi connectivity index (χ3v) is 2.34. The summed E-state index contributed by atoms with van der Waals surface area (Å²) in [7, 11) is 0. The van der Waals surface area contributed by atoms with E-state index in [1.807, 2.05) is 0 Å². The van der Waals surface area contributed by atoms with Crippen LogP contribution in [0.2, 0.25) is 0 Å². The quantitative estimate of drug-likeness (QED) is 0.623. The van der Waals surface area contributed by atoms with Crippen molar-refractivity contribution in [2.24, 2.45) is 5.73 Å². The highest BCUT2D eigenvalue weighted by atomic mass is 16.2. The van der Waals surface area contributed by atoms with E-state index in [1.54, 1.807) is 6.92 Å². The molecule has 1 aliphatic heterocycles. The molecule has 0 aromatic heterocycles. The van der Waals surface area contributed by atoms with Gasteiger partial charge in [-0.05, 0) is 32.9 Å². The molecule has 1 rings (SSSR count). The van der Waals surface area contributed by atoms with Gasteiger partial charge in [-0.25, -0.2) is 0 Å². The number of nitrogens with zero attached hydrogens (tertiary/aromatic N) is 1. The molecule has 4 heteroatoms. The van der Waals surface area contributed by atoms with Crippen LogP contribution in [0, 0.1) is 0 Å². The summed E-state index contributed by atoms with van der Waals surface area (Å²) in [5.41, 5.74) is 5.40. The Labute approximate surface area is 79.5 Å². The zero-order chi connectivity index (χ0) is 9.68. The Morgan fingerprint density at radius 3 is 2.69 bits per heavy atom. The van der Waals surface area contributed by atoms with Crippen LogP contribution in [0.1, 0.15) is 19.8 Å². The normalized spacial score (nSPS) is 20.2. The second kappa shape index (κ2) is 5.19. The fraction of sp³-hybridized carbons (Fsp3) is 0.889. The molecule has 0 spiro atoms. The molecule has 1 aliphatic rings. The lowest BCUT2D eigenvalue weighted by Gasteiger charge is -2.15. The molecule has 1 heterocycles. The van der Waals surface area contributed by atoms with Gasteiger partial charge in [-0.1, -0.05) is 0 Å². The molecule has 13 heavy (non-hydrogen) atoms. The van der Waals surface area contributed by atoms with Crippen molar-refractivity contribution >= 4 is 5.91 Å². The number of rotatable bonds is 4. The van der Waals surface area contributed by atoms with Crippen LogP contribution in [0.15, 0.2) is 0 Å². The highest BCUT2D eigenvalue weighted by molar-refractivity contribution is 5.80. The molecule has 0 bridgehead atoms. The van der Waals surface area contributed by atoms with Crippen molar-refractivity contribution in [3.63, 3.8) is 0 Å². The lowest BCUT2D eigenvalue weighted by molar-refractivity contribution is -0.122. The molecule has 1 fully saturated rings. The van der Waals surface area contributed by atoms with Gasteiger partial charge >= 0.3 is 0 Å². The summed E-state index contributed by atoms with van der Waals surface area (Å²) in [6.07, 6.45) is 2.59. The Hall–Kier alpha value is -0.610. The Bertz CT molecular complexity index is 164. The summed E-state index contributed by atoms with van der Waals surface area (Å²) in [5, 5.41) is 2.80. The largest absolute Gasteiger partial charge is 0.353 e. The Kier molecular flexibility index (Phi) is 4.18. The van der Waals surface area contributed by atoms with E-state index in [9.17, 15) is 4.79 Å². The molecular formula is C9H19N3O. The zero-order valence-electron chi connectivity index (χ0n) is 8.25. The second-order valence-corrected chi connectivity index (χ2v) is 3.63. The van der Waals surface area contributed by atoms with Crippen LogP contribution in [0.4, 0.5) is 0 Å². The van der Waals surface area contributed by atoms with Gasteiger partial charge in [-0.3, -0.25) is 4.79 Å². The molecule has 1 saturated heterocycles. The van der Waals surface area contributed by atoms with Gasteiger partial charge in [0.2, 0.25) is 5.91 Å². The van der Waals surface area contributed by atoms with Crippen LogP contribution >= 0.6 is 0 Å². The first-order valence-corrected chi connectivity index (χ1v) is 4.96. The van der Waals surface area contributed by atoms with Gasteiger partial charge < -0.3 is 16.0 Å². The van der Waals surface area contributed by atoms with Gasteiger partial charge in [0.25, 0.3) is 0 Å². The van der Waals surface area contributed by atoms with Crippen LogP contribution in [-0.4, -0.2) is 43.0 Å². The Morgan fingerprint density at radius 2 is 2.15 bits per heavy atom. The molecule has 0 aliphatic carbocycles. The minimum absolute atomic E-state index is 0.0563.